The minimum atomic E-state index is -0.0743. The summed E-state index contributed by atoms with van der Waals surface area (Å²) in [6.45, 7) is 1.99. The van der Waals surface area contributed by atoms with Crippen LogP contribution in [0.4, 0.5) is 10.5 Å². The lowest BCUT2D eigenvalue weighted by atomic mass is 10.1. The molecule has 0 saturated carbocycles. The molecule has 1 aliphatic rings. The maximum Gasteiger partial charge on any atom is 0.321 e. The largest absolute Gasteiger partial charge is 0.445 e. The second-order valence-corrected chi connectivity index (χ2v) is 6.58. The van der Waals surface area contributed by atoms with Crippen LogP contribution >= 0.6 is 11.8 Å². The van der Waals surface area contributed by atoms with Gasteiger partial charge in [-0.15, -0.1) is 0 Å². The molecule has 0 unspecified atom stereocenters. The van der Waals surface area contributed by atoms with Crippen LogP contribution in [0, 0.1) is 6.92 Å². The Morgan fingerprint density at radius 1 is 1.50 bits per heavy atom. The molecule has 2 heterocycles. The number of nitrogens with zero attached hydrogens (tertiary/aromatic N) is 2. The van der Waals surface area contributed by atoms with E-state index >= 15 is 0 Å². The van der Waals surface area contributed by atoms with Gasteiger partial charge in [0.1, 0.15) is 6.26 Å². The first-order valence-electron chi connectivity index (χ1n) is 7.27. The number of hydrogen-bond donors (Lipinski definition) is 1. The van der Waals surface area contributed by atoms with E-state index in [9.17, 15) is 4.79 Å². The highest BCUT2D eigenvalue weighted by Crippen LogP contribution is 2.26. The summed E-state index contributed by atoms with van der Waals surface area (Å²) in [5, 5.41) is 2.96. The second-order valence-electron chi connectivity index (χ2n) is 5.43. The van der Waals surface area contributed by atoms with Crippen molar-refractivity contribution in [2.45, 2.75) is 19.4 Å². The van der Waals surface area contributed by atoms with E-state index in [4.69, 9.17) is 4.42 Å². The van der Waals surface area contributed by atoms with Gasteiger partial charge in [0.2, 0.25) is 5.89 Å². The zero-order chi connectivity index (χ0) is 15.5. The predicted molar refractivity (Wildman–Crippen MR) is 89.2 cm³/mol. The van der Waals surface area contributed by atoms with Crippen LogP contribution < -0.4 is 5.32 Å². The van der Waals surface area contributed by atoms with Gasteiger partial charge in [-0.05, 0) is 36.8 Å². The number of aryl methyl sites for hydroxylation is 1. The van der Waals surface area contributed by atoms with Gasteiger partial charge in [0, 0.05) is 30.1 Å². The van der Waals surface area contributed by atoms with E-state index in [0.29, 0.717) is 11.9 Å². The van der Waals surface area contributed by atoms with E-state index < -0.39 is 0 Å². The Kier molecular flexibility index (Phi) is 4.38. The van der Waals surface area contributed by atoms with Crippen LogP contribution in [-0.4, -0.2) is 40.5 Å². The van der Waals surface area contributed by atoms with Crippen molar-refractivity contribution in [3.8, 4) is 11.5 Å². The Morgan fingerprint density at radius 3 is 3.05 bits per heavy atom. The first kappa shape index (κ1) is 15.0. The number of anilines is 1. The van der Waals surface area contributed by atoms with E-state index in [1.54, 1.807) is 17.4 Å². The predicted octanol–water partition coefficient (Wildman–Crippen LogP) is 3.62. The molecule has 0 radical (unpaired) electrons. The zero-order valence-corrected chi connectivity index (χ0v) is 13.5. The highest BCUT2D eigenvalue weighted by atomic mass is 32.2. The highest BCUT2D eigenvalue weighted by molar-refractivity contribution is 7.99. The molecule has 116 valence electrons. The molecule has 1 N–H and O–H groups in total. The van der Waals surface area contributed by atoms with Crippen LogP contribution in [0.15, 0.2) is 35.1 Å². The Morgan fingerprint density at radius 2 is 2.36 bits per heavy atom. The van der Waals surface area contributed by atoms with Gasteiger partial charge >= 0.3 is 6.03 Å². The maximum absolute atomic E-state index is 12.3. The Bertz CT molecular complexity index is 651. The van der Waals surface area contributed by atoms with Crippen LogP contribution in [-0.2, 0) is 0 Å². The number of aromatic nitrogens is 1. The van der Waals surface area contributed by atoms with Crippen molar-refractivity contribution in [2.24, 2.45) is 0 Å². The normalized spacial score (nSPS) is 17.5. The molecule has 0 spiro atoms. The third-order valence-electron chi connectivity index (χ3n) is 3.93. The van der Waals surface area contributed by atoms with Gasteiger partial charge in [0.15, 0.2) is 0 Å². The molecule has 0 aliphatic carbocycles. The van der Waals surface area contributed by atoms with Crippen LogP contribution in [0.1, 0.15) is 12.0 Å². The molecule has 0 bridgehead atoms. The number of benzene rings is 1. The Balaban J connectivity index is 1.75. The molecule has 1 atom stereocenters. The molecule has 6 heteroatoms. The lowest BCUT2D eigenvalue weighted by Gasteiger charge is -2.24. The van der Waals surface area contributed by atoms with Crippen molar-refractivity contribution in [1.82, 2.24) is 9.88 Å². The van der Waals surface area contributed by atoms with Gasteiger partial charge in [-0.2, -0.15) is 11.8 Å². The van der Waals surface area contributed by atoms with Gasteiger partial charge < -0.3 is 14.6 Å². The summed E-state index contributed by atoms with van der Waals surface area (Å²) in [6.07, 6.45) is 4.22. The topological polar surface area (TPSA) is 58.4 Å². The SMILES string of the molecule is Cc1ccc(NC(=O)N(C)[C@@H]2CCSC2)cc1-c1ncco1. The van der Waals surface area contributed by atoms with Crippen LogP contribution in [0.2, 0.25) is 0 Å². The van der Waals surface area contributed by atoms with Gasteiger partial charge in [0.05, 0.1) is 6.20 Å². The van der Waals surface area contributed by atoms with Gasteiger partial charge in [-0.3, -0.25) is 0 Å². The van der Waals surface area contributed by atoms with Gasteiger partial charge in [-0.1, -0.05) is 6.07 Å². The van der Waals surface area contributed by atoms with E-state index in [1.807, 2.05) is 43.9 Å². The molecule has 5 nitrogen and oxygen atoms in total. The second kappa shape index (κ2) is 6.44. The van der Waals surface area contributed by atoms with E-state index in [0.717, 1.165) is 34.7 Å². The minimum absolute atomic E-state index is 0.0743. The first-order chi connectivity index (χ1) is 10.6. The van der Waals surface area contributed by atoms with Crippen molar-refractivity contribution in [1.29, 1.82) is 0 Å². The Hall–Kier alpha value is -1.95. The maximum atomic E-state index is 12.3. The van der Waals surface area contributed by atoms with E-state index in [2.05, 4.69) is 10.3 Å². The molecular formula is C16H19N3O2S. The number of oxazole rings is 1. The third kappa shape index (κ3) is 3.11. The summed E-state index contributed by atoms with van der Waals surface area (Å²) in [5.41, 5.74) is 2.70. The summed E-state index contributed by atoms with van der Waals surface area (Å²) in [5.74, 6) is 2.70. The highest BCUT2D eigenvalue weighted by Gasteiger charge is 2.24. The van der Waals surface area contributed by atoms with E-state index in [-0.39, 0.29) is 6.03 Å². The fourth-order valence-electron chi connectivity index (χ4n) is 2.49. The molecule has 1 aliphatic heterocycles. The zero-order valence-electron chi connectivity index (χ0n) is 12.7. The number of nitrogens with one attached hydrogen (secondary N) is 1. The van der Waals surface area contributed by atoms with Gasteiger partial charge in [-0.25, -0.2) is 9.78 Å². The average molecular weight is 317 g/mol. The quantitative estimate of drug-likeness (QED) is 0.939. The summed E-state index contributed by atoms with van der Waals surface area (Å²) >= 11 is 1.89. The lowest BCUT2D eigenvalue weighted by Crippen LogP contribution is -2.39. The summed E-state index contributed by atoms with van der Waals surface area (Å²) in [7, 11) is 1.86. The van der Waals surface area contributed by atoms with Crippen molar-refractivity contribution >= 4 is 23.5 Å². The van der Waals surface area contributed by atoms with Crippen LogP contribution in [0.5, 0.6) is 0 Å². The number of urea groups is 1. The fourth-order valence-corrected chi connectivity index (χ4v) is 3.76. The number of thioether (sulfide) groups is 1. The molecule has 1 saturated heterocycles. The van der Waals surface area contributed by atoms with Crippen LogP contribution in [0.25, 0.3) is 11.5 Å². The molecule has 2 aromatic rings. The first-order valence-corrected chi connectivity index (χ1v) is 8.42. The summed E-state index contributed by atoms with van der Waals surface area (Å²) < 4.78 is 5.35. The standard InChI is InChI=1S/C16H19N3O2S/c1-11-3-4-12(9-14(11)15-17-6-7-21-15)18-16(20)19(2)13-5-8-22-10-13/h3-4,6-7,9,13H,5,8,10H2,1-2H3,(H,18,20)/t13-/m1/s1. The molecule has 1 aromatic heterocycles. The number of carbonyl (C=O) groups excluding carboxylic acids is 1. The number of amides is 2. The lowest BCUT2D eigenvalue weighted by molar-refractivity contribution is 0.209. The molecular weight excluding hydrogens is 298 g/mol. The van der Waals surface area contributed by atoms with Crippen molar-refractivity contribution in [2.75, 3.05) is 23.9 Å². The van der Waals surface area contributed by atoms with Crippen LogP contribution in [0.3, 0.4) is 0 Å². The summed E-state index contributed by atoms with van der Waals surface area (Å²) in [4.78, 5) is 18.3. The molecule has 3 rings (SSSR count). The number of rotatable bonds is 3. The van der Waals surface area contributed by atoms with E-state index in [1.165, 1.54) is 0 Å². The van der Waals surface area contributed by atoms with Crippen molar-refractivity contribution in [3.05, 3.63) is 36.2 Å². The minimum Gasteiger partial charge on any atom is -0.445 e. The smallest absolute Gasteiger partial charge is 0.321 e. The number of hydrogen-bond acceptors (Lipinski definition) is 4. The fraction of sp³-hybridized carbons (Fsp3) is 0.375. The molecule has 1 aromatic carbocycles. The third-order valence-corrected chi connectivity index (χ3v) is 5.07. The Labute approximate surface area is 134 Å². The number of carbonyl (C=O) groups is 1. The summed E-state index contributed by atoms with van der Waals surface area (Å²) in [6, 6.07) is 6.00. The van der Waals surface area contributed by atoms with Gasteiger partial charge in [0.25, 0.3) is 0 Å². The molecule has 1 fully saturated rings. The van der Waals surface area contributed by atoms with Crippen molar-refractivity contribution in [3.63, 3.8) is 0 Å². The average Bonchev–Trinajstić information content (AvgIpc) is 3.21. The molecule has 22 heavy (non-hydrogen) atoms. The monoisotopic (exact) mass is 317 g/mol. The molecule has 2 amide bonds. The van der Waals surface area contributed by atoms with Crippen molar-refractivity contribution < 1.29 is 9.21 Å².